The van der Waals surface area contributed by atoms with E-state index in [1.54, 1.807) is 24.2 Å². The molecule has 4 heteroatoms. The molecule has 9 heavy (non-hydrogen) atoms. The molecule has 0 aromatic carbocycles. The van der Waals surface area contributed by atoms with Crippen LogP contribution in [0.4, 0.5) is 0 Å². The summed E-state index contributed by atoms with van der Waals surface area (Å²) in [5.41, 5.74) is 0. The Morgan fingerprint density at radius 1 is 1.89 bits per heavy atom. The van der Waals surface area contributed by atoms with E-state index >= 15 is 0 Å². The van der Waals surface area contributed by atoms with Crippen LogP contribution in [0, 0.1) is 10.1 Å². The summed E-state index contributed by atoms with van der Waals surface area (Å²) in [4.78, 5) is 11.5. The summed E-state index contributed by atoms with van der Waals surface area (Å²) in [7, 11) is 1.71. The molecule has 0 N–H and O–H groups in total. The van der Waals surface area contributed by atoms with E-state index in [9.17, 15) is 10.1 Å². The maximum atomic E-state index is 10.1. The van der Waals surface area contributed by atoms with Crippen LogP contribution < -0.4 is 0 Å². The first-order chi connectivity index (χ1) is 4.22. The molecule has 1 aliphatic heterocycles. The van der Waals surface area contributed by atoms with Crippen molar-refractivity contribution in [3.8, 4) is 0 Å². The molecular formula is C5H8N2O2. The molecule has 0 fully saturated rings. The van der Waals surface area contributed by atoms with Gasteiger partial charge in [0.05, 0.1) is 6.42 Å². The Labute approximate surface area is 52.9 Å². The summed E-state index contributed by atoms with van der Waals surface area (Å²) in [6.07, 6.45) is 3.54. The number of hydrogen-bond acceptors (Lipinski definition) is 3. The van der Waals surface area contributed by atoms with E-state index < -0.39 is 6.17 Å². The minimum absolute atomic E-state index is 0.278. The molecule has 0 bridgehead atoms. The Hall–Kier alpha value is -1.06. The van der Waals surface area contributed by atoms with Crippen LogP contribution in [0.15, 0.2) is 12.3 Å². The van der Waals surface area contributed by atoms with Crippen LogP contribution in [0.3, 0.4) is 0 Å². The highest BCUT2D eigenvalue weighted by Crippen LogP contribution is 2.10. The monoisotopic (exact) mass is 128 g/mol. The highest BCUT2D eigenvalue weighted by atomic mass is 16.6. The first kappa shape index (κ1) is 6.07. The Kier molecular flexibility index (Phi) is 1.38. The van der Waals surface area contributed by atoms with Crippen molar-refractivity contribution >= 4 is 0 Å². The maximum Gasteiger partial charge on any atom is 0.289 e. The SMILES string of the molecule is CN1C=CCC1[N+](=O)[O-]. The van der Waals surface area contributed by atoms with Gasteiger partial charge in [0.15, 0.2) is 0 Å². The quantitative estimate of drug-likeness (QED) is 0.380. The van der Waals surface area contributed by atoms with E-state index in [-0.39, 0.29) is 4.92 Å². The van der Waals surface area contributed by atoms with E-state index in [4.69, 9.17) is 0 Å². The van der Waals surface area contributed by atoms with Crippen molar-refractivity contribution in [2.75, 3.05) is 7.05 Å². The van der Waals surface area contributed by atoms with Gasteiger partial charge < -0.3 is 4.90 Å². The third-order valence-electron chi connectivity index (χ3n) is 1.40. The van der Waals surface area contributed by atoms with Crippen LogP contribution in [0.2, 0.25) is 0 Å². The summed E-state index contributed by atoms with van der Waals surface area (Å²) in [5.74, 6) is 0. The second-order valence-electron chi connectivity index (χ2n) is 2.05. The van der Waals surface area contributed by atoms with Gasteiger partial charge >= 0.3 is 0 Å². The normalized spacial score (nSPS) is 25.0. The first-order valence-electron chi connectivity index (χ1n) is 2.74. The van der Waals surface area contributed by atoms with E-state index in [0.717, 1.165) is 0 Å². The van der Waals surface area contributed by atoms with Crippen molar-refractivity contribution < 1.29 is 4.92 Å². The lowest BCUT2D eigenvalue weighted by atomic mass is 10.4. The molecular weight excluding hydrogens is 120 g/mol. The van der Waals surface area contributed by atoms with Gasteiger partial charge in [-0.2, -0.15) is 0 Å². The van der Waals surface area contributed by atoms with Gasteiger partial charge in [-0.25, -0.2) is 0 Å². The molecule has 0 spiro atoms. The second-order valence-corrected chi connectivity index (χ2v) is 2.05. The third kappa shape index (κ3) is 1.01. The van der Waals surface area contributed by atoms with Crippen molar-refractivity contribution in [3.05, 3.63) is 22.4 Å². The fraction of sp³-hybridized carbons (Fsp3) is 0.600. The summed E-state index contributed by atoms with van der Waals surface area (Å²) in [5, 5.41) is 10.1. The first-order valence-corrected chi connectivity index (χ1v) is 2.74. The summed E-state index contributed by atoms with van der Waals surface area (Å²) in [6, 6.07) is 0. The van der Waals surface area contributed by atoms with Gasteiger partial charge in [0.1, 0.15) is 0 Å². The average molecular weight is 128 g/mol. The topological polar surface area (TPSA) is 46.4 Å². The number of rotatable bonds is 1. The van der Waals surface area contributed by atoms with Gasteiger partial charge in [0.25, 0.3) is 6.17 Å². The molecule has 1 unspecified atom stereocenters. The lowest BCUT2D eigenvalue weighted by Crippen LogP contribution is -2.30. The maximum absolute atomic E-state index is 10.1. The average Bonchev–Trinajstić information content (AvgIpc) is 2.13. The van der Waals surface area contributed by atoms with Crippen molar-refractivity contribution in [2.24, 2.45) is 0 Å². The molecule has 0 radical (unpaired) electrons. The van der Waals surface area contributed by atoms with Crippen molar-refractivity contribution in [2.45, 2.75) is 12.6 Å². The Morgan fingerprint density at radius 3 is 2.78 bits per heavy atom. The van der Waals surface area contributed by atoms with Gasteiger partial charge in [0.2, 0.25) is 0 Å². The summed E-state index contributed by atoms with van der Waals surface area (Å²) in [6.45, 7) is 0. The molecule has 1 aliphatic rings. The smallest absolute Gasteiger partial charge is 0.289 e. The van der Waals surface area contributed by atoms with Crippen LogP contribution in [0.5, 0.6) is 0 Å². The van der Waals surface area contributed by atoms with Gasteiger partial charge in [0, 0.05) is 18.2 Å². The largest absolute Gasteiger partial charge is 0.320 e. The minimum atomic E-state index is -0.523. The van der Waals surface area contributed by atoms with Crippen LogP contribution >= 0.6 is 0 Å². The van der Waals surface area contributed by atoms with E-state index in [0.29, 0.717) is 6.42 Å². The molecule has 1 atom stereocenters. The summed E-state index contributed by atoms with van der Waals surface area (Å²) < 4.78 is 0. The highest BCUT2D eigenvalue weighted by Gasteiger charge is 2.25. The van der Waals surface area contributed by atoms with Crippen LogP contribution in [0.25, 0.3) is 0 Å². The minimum Gasteiger partial charge on any atom is -0.320 e. The Bertz CT molecular complexity index is 155. The zero-order valence-corrected chi connectivity index (χ0v) is 5.15. The molecule has 4 nitrogen and oxygen atoms in total. The van der Waals surface area contributed by atoms with Crippen molar-refractivity contribution in [1.82, 2.24) is 4.90 Å². The molecule has 0 saturated heterocycles. The predicted octanol–water partition coefficient (Wildman–Crippen LogP) is 0.438. The van der Waals surface area contributed by atoms with Crippen LogP contribution in [-0.4, -0.2) is 23.0 Å². The van der Waals surface area contributed by atoms with Gasteiger partial charge in [-0.1, -0.05) is 6.08 Å². The van der Waals surface area contributed by atoms with Crippen LogP contribution in [-0.2, 0) is 0 Å². The Balaban J connectivity index is 2.55. The fourth-order valence-electron chi connectivity index (χ4n) is 0.849. The fourth-order valence-corrected chi connectivity index (χ4v) is 0.849. The molecule has 0 saturated carbocycles. The molecule has 50 valence electrons. The zero-order chi connectivity index (χ0) is 6.85. The van der Waals surface area contributed by atoms with Crippen LogP contribution in [0.1, 0.15) is 6.42 Å². The lowest BCUT2D eigenvalue weighted by molar-refractivity contribution is -0.542. The van der Waals surface area contributed by atoms with E-state index in [1.165, 1.54) is 0 Å². The highest BCUT2D eigenvalue weighted by molar-refractivity contribution is 4.91. The van der Waals surface area contributed by atoms with Gasteiger partial charge in [-0.05, 0) is 0 Å². The number of hydrogen-bond donors (Lipinski definition) is 0. The number of nitrogens with zero attached hydrogens (tertiary/aromatic N) is 2. The van der Waals surface area contributed by atoms with Gasteiger partial charge in [-0.15, -0.1) is 0 Å². The standard InChI is InChI=1S/C5H8N2O2/c1-6-4-2-3-5(6)7(8)9/h2,4-5H,3H2,1H3. The molecule has 1 rings (SSSR count). The Morgan fingerprint density at radius 2 is 2.56 bits per heavy atom. The second kappa shape index (κ2) is 2.05. The summed E-state index contributed by atoms with van der Waals surface area (Å²) >= 11 is 0. The van der Waals surface area contributed by atoms with Crippen molar-refractivity contribution in [1.29, 1.82) is 0 Å². The van der Waals surface area contributed by atoms with Gasteiger partial charge in [-0.3, -0.25) is 10.1 Å². The molecule has 1 heterocycles. The molecule has 0 aliphatic carbocycles. The third-order valence-corrected chi connectivity index (χ3v) is 1.40. The molecule has 0 aromatic rings. The van der Waals surface area contributed by atoms with E-state index in [2.05, 4.69) is 0 Å². The lowest BCUT2D eigenvalue weighted by Gasteiger charge is -2.11. The molecule has 0 aromatic heterocycles. The number of nitro groups is 1. The predicted molar refractivity (Wildman–Crippen MR) is 32.3 cm³/mol. The van der Waals surface area contributed by atoms with Crippen molar-refractivity contribution in [3.63, 3.8) is 0 Å². The van der Waals surface area contributed by atoms with E-state index in [1.807, 2.05) is 0 Å². The zero-order valence-electron chi connectivity index (χ0n) is 5.15. The molecule has 0 amide bonds.